The molecule has 9 heteroatoms. The van der Waals surface area contributed by atoms with E-state index in [1.54, 1.807) is 6.07 Å². The topological polar surface area (TPSA) is 116 Å². The molecule has 1 aliphatic rings. The molecule has 2 heterocycles. The van der Waals surface area contributed by atoms with Crippen molar-refractivity contribution in [3.8, 4) is 11.3 Å². The molecule has 0 saturated heterocycles. The summed E-state index contributed by atoms with van der Waals surface area (Å²) in [7, 11) is 0. The zero-order valence-electron chi connectivity index (χ0n) is 16.0. The molecule has 1 fully saturated rings. The summed E-state index contributed by atoms with van der Waals surface area (Å²) >= 11 is 7.54. The number of imidazole rings is 1. The second-order valence-electron chi connectivity index (χ2n) is 7.42. The molecule has 156 valence electrons. The number of hydrogen-bond acceptors (Lipinski definition) is 5. The number of H-pyrrole nitrogens is 1. The highest BCUT2D eigenvalue weighted by Gasteiger charge is 2.26. The van der Waals surface area contributed by atoms with Crippen molar-refractivity contribution < 1.29 is 19.8 Å². The minimum Gasteiger partial charge on any atom is -0.481 e. The number of benzene rings is 1. The third-order valence-corrected chi connectivity index (χ3v) is 6.62. The monoisotopic (exact) mass is 445 g/mol. The number of carboxylic acid groups (broad SMARTS) is 2. The van der Waals surface area contributed by atoms with Crippen LogP contribution < -0.4 is 0 Å². The molecule has 4 rings (SSSR count). The Morgan fingerprint density at radius 1 is 1.10 bits per heavy atom. The summed E-state index contributed by atoms with van der Waals surface area (Å²) in [5.41, 5.74) is 3.83. The van der Waals surface area contributed by atoms with Crippen molar-refractivity contribution in [2.24, 2.45) is 5.92 Å². The Hall–Kier alpha value is -2.58. The van der Waals surface area contributed by atoms with Gasteiger partial charge in [0.05, 0.1) is 27.9 Å². The maximum atomic E-state index is 11.1. The summed E-state index contributed by atoms with van der Waals surface area (Å²) in [5, 5.41) is 18.9. The minimum atomic E-state index is -0.913. The third kappa shape index (κ3) is 4.44. The van der Waals surface area contributed by atoms with Crippen LogP contribution in [0, 0.1) is 5.92 Å². The number of hydrogen-bond donors (Lipinski definition) is 3. The summed E-state index contributed by atoms with van der Waals surface area (Å²) < 4.78 is 0. The number of fused-ring (bicyclic) bond motifs is 1. The van der Waals surface area contributed by atoms with E-state index >= 15 is 0 Å². The summed E-state index contributed by atoms with van der Waals surface area (Å²) in [6.07, 6.45) is 3.19. The molecule has 0 atom stereocenters. The normalized spacial score (nSPS) is 19.1. The predicted octanol–water partition coefficient (Wildman–Crippen LogP) is 4.81. The summed E-state index contributed by atoms with van der Waals surface area (Å²) in [6.45, 7) is 0. The van der Waals surface area contributed by atoms with Crippen LogP contribution in [0.5, 0.6) is 0 Å². The Bertz CT molecular complexity index is 1090. The summed E-state index contributed by atoms with van der Waals surface area (Å²) in [5.74, 6) is -1.54. The molecule has 0 radical (unpaired) electrons. The van der Waals surface area contributed by atoms with Gasteiger partial charge in [0.2, 0.25) is 0 Å². The molecular formula is C21H20ClN3O4S. The minimum absolute atomic E-state index is 0.0871. The fourth-order valence-corrected chi connectivity index (χ4v) is 4.74. The number of nitrogens with one attached hydrogen (secondary N) is 1. The van der Waals surface area contributed by atoms with E-state index < -0.39 is 11.9 Å². The standard InChI is InChI=1S/C21H20ClN3O4S/c22-15-9-16-19(25-21(23-16)30-10-17(26)27)24-18(15)13-5-1-11(2-6-13)12-3-7-14(8-4-12)20(28)29/h1-2,5-6,9,12,14H,3-4,7-8,10H2,(H,26,27)(H,28,29)(H,23,24,25). The van der Waals surface area contributed by atoms with E-state index in [-0.39, 0.29) is 11.7 Å². The van der Waals surface area contributed by atoms with Crippen molar-refractivity contribution in [1.29, 1.82) is 0 Å². The van der Waals surface area contributed by atoms with E-state index in [4.69, 9.17) is 21.8 Å². The SMILES string of the molecule is O=C(O)CSc1nc2nc(-c3ccc(C4CCC(C(=O)O)CC4)cc3)c(Cl)cc2[nH]1. The Kier molecular flexibility index (Phi) is 5.97. The number of carboxylic acids is 2. The molecule has 0 aliphatic heterocycles. The highest BCUT2D eigenvalue weighted by atomic mass is 35.5. The van der Waals surface area contributed by atoms with E-state index in [1.807, 2.05) is 12.1 Å². The fourth-order valence-electron chi connectivity index (χ4n) is 3.88. The molecule has 0 unspecified atom stereocenters. The van der Waals surface area contributed by atoms with E-state index in [2.05, 4.69) is 27.1 Å². The molecule has 2 aromatic heterocycles. The Labute approximate surface area is 181 Å². The van der Waals surface area contributed by atoms with Gasteiger partial charge < -0.3 is 15.2 Å². The molecule has 30 heavy (non-hydrogen) atoms. The zero-order chi connectivity index (χ0) is 21.3. The lowest BCUT2D eigenvalue weighted by atomic mass is 9.78. The molecule has 0 amide bonds. The van der Waals surface area contributed by atoms with Crippen molar-refractivity contribution in [2.45, 2.75) is 36.8 Å². The van der Waals surface area contributed by atoms with Crippen LogP contribution in [0.15, 0.2) is 35.5 Å². The second kappa shape index (κ2) is 8.65. The predicted molar refractivity (Wildman–Crippen MR) is 115 cm³/mol. The molecule has 0 bridgehead atoms. The maximum absolute atomic E-state index is 11.1. The van der Waals surface area contributed by atoms with Crippen LogP contribution in [0.1, 0.15) is 37.2 Å². The number of thioether (sulfide) groups is 1. The largest absolute Gasteiger partial charge is 0.481 e. The van der Waals surface area contributed by atoms with E-state index in [0.717, 1.165) is 30.2 Å². The van der Waals surface area contributed by atoms with Crippen molar-refractivity contribution in [2.75, 3.05) is 5.75 Å². The quantitative estimate of drug-likeness (QED) is 0.466. The highest BCUT2D eigenvalue weighted by Crippen LogP contribution is 2.37. The van der Waals surface area contributed by atoms with Gasteiger partial charge in [-0.05, 0) is 43.2 Å². The Morgan fingerprint density at radius 2 is 1.80 bits per heavy atom. The lowest BCUT2D eigenvalue weighted by Crippen LogP contribution is -2.20. The Balaban J connectivity index is 1.53. The van der Waals surface area contributed by atoms with Crippen LogP contribution in [-0.2, 0) is 9.59 Å². The first kappa shape index (κ1) is 20.7. The van der Waals surface area contributed by atoms with Gasteiger partial charge in [-0.25, -0.2) is 9.97 Å². The highest BCUT2D eigenvalue weighted by molar-refractivity contribution is 7.99. The fraction of sp³-hybridized carbons (Fsp3) is 0.333. The number of rotatable bonds is 6. The second-order valence-corrected chi connectivity index (χ2v) is 8.79. The molecule has 1 saturated carbocycles. The zero-order valence-corrected chi connectivity index (χ0v) is 17.5. The van der Waals surface area contributed by atoms with Gasteiger partial charge in [-0.2, -0.15) is 0 Å². The van der Waals surface area contributed by atoms with Crippen molar-refractivity contribution in [3.05, 3.63) is 40.9 Å². The van der Waals surface area contributed by atoms with Crippen LogP contribution in [0.2, 0.25) is 5.02 Å². The van der Waals surface area contributed by atoms with Gasteiger partial charge in [-0.1, -0.05) is 47.6 Å². The number of aliphatic carboxylic acids is 2. The van der Waals surface area contributed by atoms with Gasteiger partial charge in [0.15, 0.2) is 10.8 Å². The first-order valence-corrected chi connectivity index (χ1v) is 11.0. The molecule has 7 nitrogen and oxygen atoms in total. The third-order valence-electron chi connectivity index (χ3n) is 5.47. The number of carbonyl (C=O) groups is 2. The molecule has 1 aromatic carbocycles. The average molecular weight is 446 g/mol. The van der Waals surface area contributed by atoms with E-state index in [9.17, 15) is 9.59 Å². The van der Waals surface area contributed by atoms with E-state index in [0.29, 0.717) is 45.8 Å². The number of halogens is 1. The van der Waals surface area contributed by atoms with Gasteiger partial charge in [-0.3, -0.25) is 9.59 Å². The van der Waals surface area contributed by atoms with Crippen molar-refractivity contribution in [1.82, 2.24) is 15.0 Å². The molecule has 3 aromatic rings. The van der Waals surface area contributed by atoms with Crippen LogP contribution in [0.25, 0.3) is 22.4 Å². The molecule has 0 spiro atoms. The number of aromatic nitrogens is 3. The van der Waals surface area contributed by atoms with Gasteiger partial charge in [0, 0.05) is 5.56 Å². The van der Waals surface area contributed by atoms with Gasteiger partial charge in [0.25, 0.3) is 0 Å². The van der Waals surface area contributed by atoms with Crippen molar-refractivity contribution >= 4 is 46.5 Å². The number of nitrogens with zero attached hydrogens (tertiary/aromatic N) is 2. The number of aromatic amines is 1. The van der Waals surface area contributed by atoms with Gasteiger partial charge >= 0.3 is 11.9 Å². The molecule has 1 aliphatic carbocycles. The van der Waals surface area contributed by atoms with Crippen LogP contribution >= 0.6 is 23.4 Å². The van der Waals surface area contributed by atoms with Gasteiger partial charge in [0.1, 0.15) is 0 Å². The summed E-state index contributed by atoms with van der Waals surface area (Å²) in [4.78, 5) is 33.8. The summed E-state index contributed by atoms with van der Waals surface area (Å²) in [6, 6.07) is 9.82. The number of pyridine rings is 1. The lowest BCUT2D eigenvalue weighted by molar-refractivity contribution is -0.143. The first-order chi connectivity index (χ1) is 14.4. The van der Waals surface area contributed by atoms with Gasteiger partial charge in [-0.15, -0.1) is 0 Å². The van der Waals surface area contributed by atoms with Crippen LogP contribution in [0.4, 0.5) is 0 Å². The smallest absolute Gasteiger partial charge is 0.313 e. The average Bonchev–Trinajstić information content (AvgIpc) is 3.13. The Morgan fingerprint density at radius 3 is 2.43 bits per heavy atom. The molecular weight excluding hydrogens is 426 g/mol. The van der Waals surface area contributed by atoms with Crippen molar-refractivity contribution in [3.63, 3.8) is 0 Å². The van der Waals surface area contributed by atoms with E-state index in [1.165, 1.54) is 5.56 Å². The van der Waals surface area contributed by atoms with Crippen LogP contribution in [0.3, 0.4) is 0 Å². The van der Waals surface area contributed by atoms with Crippen LogP contribution in [-0.4, -0.2) is 42.9 Å². The molecule has 3 N–H and O–H groups in total. The maximum Gasteiger partial charge on any atom is 0.313 e. The first-order valence-electron chi connectivity index (χ1n) is 9.64. The lowest BCUT2D eigenvalue weighted by Gasteiger charge is -2.26.